The molecule has 0 aromatic heterocycles. The van der Waals surface area contributed by atoms with Crippen LogP contribution in [0.1, 0.15) is 35.2 Å². The highest BCUT2D eigenvalue weighted by molar-refractivity contribution is 5.94. The number of morpholine rings is 1. The van der Waals surface area contributed by atoms with Gasteiger partial charge in [0.25, 0.3) is 5.91 Å². The van der Waals surface area contributed by atoms with Gasteiger partial charge in [0.05, 0.1) is 30.4 Å². The number of hydrogen-bond donors (Lipinski definition) is 0. The van der Waals surface area contributed by atoms with Gasteiger partial charge in [0, 0.05) is 31.7 Å². The van der Waals surface area contributed by atoms with Gasteiger partial charge < -0.3 is 9.64 Å². The summed E-state index contributed by atoms with van der Waals surface area (Å²) in [7, 11) is 0. The zero-order valence-corrected chi connectivity index (χ0v) is 13.9. The first-order valence-corrected chi connectivity index (χ1v) is 8.89. The van der Waals surface area contributed by atoms with Crippen molar-refractivity contribution in [2.75, 3.05) is 32.8 Å². The van der Waals surface area contributed by atoms with Gasteiger partial charge in [-0.2, -0.15) is 5.26 Å². The second kappa shape index (κ2) is 6.54. The number of nitriles is 1. The van der Waals surface area contributed by atoms with Crippen LogP contribution in [0.2, 0.25) is 0 Å². The molecule has 0 bridgehead atoms. The van der Waals surface area contributed by atoms with Gasteiger partial charge in [-0.3, -0.25) is 9.69 Å². The normalized spacial score (nSPS) is 27.4. The Kier molecular flexibility index (Phi) is 4.26. The first-order valence-electron chi connectivity index (χ1n) is 8.89. The predicted octanol–water partition coefficient (Wildman–Crippen LogP) is 1.88. The van der Waals surface area contributed by atoms with E-state index in [9.17, 15) is 4.79 Å². The fourth-order valence-electron chi connectivity index (χ4n) is 3.89. The summed E-state index contributed by atoms with van der Waals surface area (Å²) in [6.45, 7) is 4.40. The number of benzene rings is 1. The Balaban J connectivity index is 1.48. The molecule has 1 aliphatic carbocycles. The molecule has 2 aliphatic heterocycles. The Morgan fingerprint density at radius 3 is 2.96 bits per heavy atom. The molecule has 0 N–H and O–H groups in total. The van der Waals surface area contributed by atoms with Crippen molar-refractivity contribution in [3.05, 3.63) is 35.4 Å². The maximum absolute atomic E-state index is 12.8. The van der Waals surface area contributed by atoms with E-state index in [0.717, 1.165) is 45.1 Å². The van der Waals surface area contributed by atoms with Crippen molar-refractivity contribution >= 4 is 5.91 Å². The van der Waals surface area contributed by atoms with E-state index in [1.165, 1.54) is 12.8 Å². The number of carbonyl (C=O) groups is 1. The van der Waals surface area contributed by atoms with Gasteiger partial charge in [0.1, 0.15) is 0 Å². The monoisotopic (exact) mass is 325 g/mol. The van der Waals surface area contributed by atoms with E-state index in [1.807, 2.05) is 4.90 Å². The topological polar surface area (TPSA) is 56.6 Å². The average Bonchev–Trinajstić information content (AvgIpc) is 3.45. The maximum Gasteiger partial charge on any atom is 0.253 e. The lowest BCUT2D eigenvalue weighted by atomic mass is 9.97. The molecule has 5 heteroatoms. The number of amides is 1. The first kappa shape index (κ1) is 15.6. The third kappa shape index (κ3) is 3.17. The average molecular weight is 325 g/mol. The summed E-state index contributed by atoms with van der Waals surface area (Å²) in [5, 5.41) is 9.03. The minimum absolute atomic E-state index is 0.0301. The fraction of sp³-hybridized carbons (Fsp3) is 0.579. The summed E-state index contributed by atoms with van der Waals surface area (Å²) < 4.78 is 5.96. The Morgan fingerprint density at radius 2 is 2.17 bits per heavy atom. The van der Waals surface area contributed by atoms with E-state index in [1.54, 1.807) is 24.3 Å². The number of nitrogens with zero attached hydrogens (tertiary/aromatic N) is 3. The minimum Gasteiger partial charge on any atom is -0.375 e. The van der Waals surface area contributed by atoms with Gasteiger partial charge in [-0.15, -0.1) is 0 Å². The van der Waals surface area contributed by atoms with Crippen LogP contribution in [0.3, 0.4) is 0 Å². The summed E-state index contributed by atoms with van der Waals surface area (Å²) in [6.07, 6.45) is 3.85. The number of piperidine rings is 1. The van der Waals surface area contributed by atoms with Crippen molar-refractivity contribution in [1.29, 1.82) is 5.26 Å². The van der Waals surface area contributed by atoms with Crippen LogP contribution in [0.15, 0.2) is 24.3 Å². The van der Waals surface area contributed by atoms with Crippen molar-refractivity contribution in [3.63, 3.8) is 0 Å². The SMILES string of the molecule is N#Cc1cccc(C(=O)N2CC[C@@H]3OCCN(CC4CC4)[C@H]3C2)c1. The zero-order chi connectivity index (χ0) is 16.5. The summed E-state index contributed by atoms with van der Waals surface area (Å²) in [5.74, 6) is 0.879. The standard InChI is InChI=1S/C19H23N3O2/c20-11-15-2-1-3-16(10-15)19(23)22-7-6-18-17(13-22)21(8-9-24-18)12-14-4-5-14/h1-3,10,14,17-18H,4-9,12-13H2/t17-,18-/m0/s1. The summed E-state index contributed by atoms with van der Waals surface area (Å²) in [6, 6.07) is 9.42. The summed E-state index contributed by atoms with van der Waals surface area (Å²) in [5.41, 5.74) is 1.14. The van der Waals surface area contributed by atoms with Crippen LogP contribution in [-0.2, 0) is 4.74 Å². The van der Waals surface area contributed by atoms with Gasteiger partial charge in [-0.05, 0) is 43.4 Å². The molecule has 5 nitrogen and oxygen atoms in total. The molecule has 24 heavy (non-hydrogen) atoms. The first-order chi connectivity index (χ1) is 11.7. The molecule has 0 spiro atoms. The van der Waals surface area contributed by atoms with Crippen molar-refractivity contribution < 1.29 is 9.53 Å². The Labute approximate surface area is 142 Å². The molecule has 1 aromatic rings. The summed E-state index contributed by atoms with van der Waals surface area (Å²) >= 11 is 0. The molecule has 2 heterocycles. The number of fused-ring (bicyclic) bond motifs is 1. The molecule has 3 aliphatic rings. The van der Waals surface area contributed by atoms with Gasteiger partial charge in [-0.25, -0.2) is 0 Å². The highest BCUT2D eigenvalue weighted by atomic mass is 16.5. The maximum atomic E-state index is 12.8. The third-order valence-electron chi connectivity index (χ3n) is 5.42. The molecular weight excluding hydrogens is 302 g/mol. The van der Waals surface area contributed by atoms with E-state index in [-0.39, 0.29) is 12.0 Å². The van der Waals surface area contributed by atoms with Crippen LogP contribution >= 0.6 is 0 Å². The molecule has 3 fully saturated rings. The molecule has 1 amide bonds. The smallest absolute Gasteiger partial charge is 0.253 e. The molecular formula is C19H23N3O2. The van der Waals surface area contributed by atoms with Crippen molar-refractivity contribution in [3.8, 4) is 6.07 Å². The quantitative estimate of drug-likeness (QED) is 0.851. The number of ether oxygens (including phenoxy) is 1. The van der Waals surface area contributed by atoms with Crippen molar-refractivity contribution in [2.45, 2.75) is 31.4 Å². The van der Waals surface area contributed by atoms with Crippen LogP contribution in [0.4, 0.5) is 0 Å². The number of rotatable bonds is 3. The molecule has 2 atom stereocenters. The van der Waals surface area contributed by atoms with E-state index in [0.29, 0.717) is 17.2 Å². The largest absolute Gasteiger partial charge is 0.375 e. The van der Waals surface area contributed by atoms with Crippen LogP contribution < -0.4 is 0 Å². The third-order valence-corrected chi connectivity index (χ3v) is 5.42. The van der Waals surface area contributed by atoms with E-state index in [2.05, 4.69) is 11.0 Å². The van der Waals surface area contributed by atoms with Crippen molar-refractivity contribution in [2.24, 2.45) is 5.92 Å². The molecule has 2 saturated heterocycles. The number of carbonyl (C=O) groups excluding carboxylic acids is 1. The molecule has 126 valence electrons. The molecule has 1 saturated carbocycles. The van der Waals surface area contributed by atoms with Crippen LogP contribution in [-0.4, -0.2) is 60.6 Å². The molecule has 0 radical (unpaired) electrons. The van der Waals surface area contributed by atoms with Gasteiger partial charge in [0.2, 0.25) is 0 Å². The number of hydrogen-bond acceptors (Lipinski definition) is 4. The van der Waals surface area contributed by atoms with E-state index >= 15 is 0 Å². The van der Waals surface area contributed by atoms with E-state index in [4.69, 9.17) is 10.00 Å². The lowest BCUT2D eigenvalue weighted by Crippen LogP contribution is -2.61. The number of likely N-dealkylation sites (tertiary alicyclic amines) is 1. The Morgan fingerprint density at radius 1 is 1.29 bits per heavy atom. The lowest BCUT2D eigenvalue weighted by molar-refractivity contribution is -0.0989. The fourth-order valence-corrected chi connectivity index (χ4v) is 3.89. The molecule has 1 aromatic carbocycles. The highest BCUT2D eigenvalue weighted by Gasteiger charge is 2.40. The van der Waals surface area contributed by atoms with Crippen LogP contribution in [0.5, 0.6) is 0 Å². The van der Waals surface area contributed by atoms with Crippen LogP contribution in [0.25, 0.3) is 0 Å². The lowest BCUT2D eigenvalue weighted by Gasteiger charge is -2.47. The second-order valence-electron chi connectivity index (χ2n) is 7.15. The van der Waals surface area contributed by atoms with Gasteiger partial charge in [-0.1, -0.05) is 6.07 Å². The zero-order valence-electron chi connectivity index (χ0n) is 13.9. The van der Waals surface area contributed by atoms with Gasteiger partial charge >= 0.3 is 0 Å². The summed E-state index contributed by atoms with van der Waals surface area (Å²) in [4.78, 5) is 17.3. The molecule has 0 unspecified atom stereocenters. The molecule has 4 rings (SSSR count). The minimum atomic E-state index is 0.0301. The Bertz CT molecular complexity index is 665. The Hall–Kier alpha value is -1.90. The van der Waals surface area contributed by atoms with Crippen molar-refractivity contribution in [1.82, 2.24) is 9.80 Å². The van der Waals surface area contributed by atoms with Crippen LogP contribution in [0, 0.1) is 17.2 Å². The van der Waals surface area contributed by atoms with Gasteiger partial charge in [0.15, 0.2) is 0 Å². The second-order valence-corrected chi connectivity index (χ2v) is 7.15. The predicted molar refractivity (Wildman–Crippen MR) is 89.5 cm³/mol. The van der Waals surface area contributed by atoms with E-state index < -0.39 is 0 Å². The highest BCUT2D eigenvalue weighted by Crippen LogP contribution is 2.33.